The number of rotatable bonds is 7. The summed E-state index contributed by atoms with van der Waals surface area (Å²) in [6, 6.07) is -3.76. The maximum atomic E-state index is 14.0. The molecule has 0 saturated carbocycles. The summed E-state index contributed by atoms with van der Waals surface area (Å²) in [4.78, 5) is 84.8. The minimum atomic E-state index is -1.40. The predicted molar refractivity (Wildman–Crippen MR) is 163 cm³/mol. The highest BCUT2D eigenvalue weighted by Crippen LogP contribution is 2.24. The Morgan fingerprint density at radius 2 is 1.59 bits per heavy atom. The molecule has 0 radical (unpaired) electrons. The normalized spacial score (nSPS) is 29.1. The van der Waals surface area contributed by atoms with Gasteiger partial charge in [-0.1, -0.05) is 40.5 Å². The van der Waals surface area contributed by atoms with Crippen LogP contribution in [0, 0.1) is 11.8 Å². The second-order valence-corrected chi connectivity index (χ2v) is 12.3. The van der Waals surface area contributed by atoms with Gasteiger partial charge in [-0.2, -0.15) is 0 Å². The SMILES string of the molecule is CC[C@H](C)[C@@H]1NC(=O)[C@@H]2CCCN2C(=O)[C@@H](C[C@@H](O)CCl)OC(=O)CCNC(=O)[C@H](C)N(C)C(=O)[C@H]([C@@H](C)CC)N(C)C1=O. The zero-order chi connectivity index (χ0) is 33.3. The van der Waals surface area contributed by atoms with E-state index in [1.807, 2.05) is 27.7 Å². The average molecular weight is 644 g/mol. The number of likely N-dealkylation sites (N-methyl/N-ethyl adjacent to an activating group) is 2. The molecule has 8 atom stereocenters. The van der Waals surface area contributed by atoms with E-state index >= 15 is 0 Å². The Hall–Kier alpha value is -2.93. The van der Waals surface area contributed by atoms with Crippen molar-refractivity contribution in [3.05, 3.63) is 0 Å². The Morgan fingerprint density at radius 3 is 2.18 bits per heavy atom. The number of aliphatic hydroxyl groups excluding tert-OH is 1. The summed E-state index contributed by atoms with van der Waals surface area (Å²) in [5, 5.41) is 15.7. The number of hydrogen-bond donors (Lipinski definition) is 3. The van der Waals surface area contributed by atoms with Gasteiger partial charge in [0.25, 0.3) is 5.91 Å². The number of amides is 5. The minimum Gasteiger partial charge on any atom is -0.452 e. The molecule has 2 aliphatic heterocycles. The molecule has 2 aliphatic rings. The van der Waals surface area contributed by atoms with Crippen LogP contribution in [0.4, 0.5) is 0 Å². The third-order valence-electron chi connectivity index (χ3n) is 8.97. The standard InChI is InChI=1S/C30H50ClN5O8/c1-8-17(3)24-29(42)35(7)25(18(4)9-2)30(43)34(6)19(5)26(39)32-13-12-23(38)44-22(15-20(37)16-31)28(41)36-14-10-11-21(36)27(40)33-24/h17-22,24-25,37H,8-16H2,1-7H3,(H,32,39)(H,33,40)/t17-,18-,19-,20+,21-,22+,24-,25-/m0/s1. The number of carbonyl (C=O) groups is 6. The van der Waals surface area contributed by atoms with Crippen LogP contribution >= 0.6 is 11.6 Å². The Bertz CT molecular complexity index is 1060. The summed E-state index contributed by atoms with van der Waals surface area (Å²) in [6.07, 6.45) is -1.14. The Morgan fingerprint density at radius 1 is 0.955 bits per heavy atom. The molecule has 2 saturated heterocycles. The fourth-order valence-corrected chi connectivity index (χ4v) is 5.65. The first-order valence-corrected chi connectivity index (χ1v) is 16.1. The fraction of sp³-hybridized carbons (Fsp3) is 0.800. The van der Waals surface area contributed by atoms with Crippen molar-refractivity contribution in [3.63, 3.8) is 0 Å². The van der Waals surface area contributed by atoms with E-state index in [9.17, 15) is 33.9 Å². The lowest BCUT2D eigenvalue weighted by Gasteiger charge is -2.38. The molecule has 2 heterocycles. The minimum absolute atomic E-state index is 0.123. The number of carbonyl (C=O) groups excluding carboxylic acids is 6. The maximum Gasteiger partial charge on any atom is 0.308 e. The van der Waals surface area contributed by atoms with Crippen molar-refractivity contribution in [3.8, 4) is 0 Å². The summed E-state index contributed by atoms with van der Waals surface area (Å²) in [7, 11) is 3.01. The lowest BCUT2D eigenvalue weighted by Crippen LogP contribution is -2.61. The quantitative estimate of drug-likeness (QED) is 0.269. The topological polar surface area (TPSA) is 166 Å². The van der Waals surface area contributed by atoms with Crippen LogP contribution in [0.2, 0.25) is 0 Å². The van der Waals surface area contributed by atoms with E-state index in [2.05, 4.69) is 10.6 Å². The predicted octanol–water partition coefficient (Wildman–Crippen LogP) is 0.650. The number of halogens is 1. The van der Waals surface area contributed by atoms with Crippen molar-refractivity contribution >= 4 is 47.1 Å². The molecule has 44 heavy (non-hydrogen) atoms. The highest BCUT2D eigenvalue weighted by atomic mass is 35.5. The molecule has 2 rings (SSSR count). The van der Waals surface area contributed by atoms with Crippen LogP contribution in [0.3, 0.4) is 0 Å². The summed E-state index contributed by atoms with van der Waals surface area (Å²) in [6.45, 7) is 9.10. The smallest absolute Gasteiger partial charge is 0.308 e. The number of cyclic esters (lactones) is 1. The fourth-order valence-electron chi connectivity index (χ4n) is 5.53. The molecule has 3 N–H and O–H groups in total. The molecule has 13 nitrogen and oxygen atoms in total. The lowest BCUT2D eigenvalue weighted by molar-refractivity contribution is -0.163. The van der Waals surface area contributed by atoms with E-state index in [1.165, 1.54) is 28.8 Å². The van der Waals surface area contributed by atoms with Crippen LogP contribution in [0.25, 0.3) is 0 Å². The number of hydrogen-bond acceptors (Lipinski definition) is 8. The molecule has 0 spiro atoms. The zero-order valence-corrected chi connectivity index (χ0v) is 27.8. The number of nitrogens with one attached hydrogen (secondary N) is 2. The molecule has 0 aliphatic carbocycles. The van der Waals surface area contributed by atoms with Gasteiger partial charge in [-0.3, -0.25) is 28.8 Å². The van der Waals surface area contributed by atoms with Crippen LogP contribution < -0.4 is 10.6 Å². The van der Waals surface area contributed by atoms with Crippen LogP contribution in [-0.4, -0.2) is 125 Å². The van der Waals surface area contributed by atoms with Crippen molar-refractivity contribution in [2.75, 3.05) is 33.1 Å². The third kappa shape index (κ3) is 9.06. The molecule has 14 heteroatoms. The number of ether oxygens (including phenoxy) is 1. The van der Waals surface area contributed by atoms with Crippen LogP contribution in [0.5, 0.6) is 0 Å². The van der Waals surface area contributed by atoms with Crippen molar-refractivity contribution in [1.82, 2.24) is 25.3 Å². The first-order chi connectivity index (χ1) is 20.7. The monoisotopic (exact) mass is 643 g/mol. The number of nitrogens with zero attached hydrogens (tertiary/aromatic N) is 3. The number of esters is 1. The van der Waals surface area contributed by atoms with Gasteiger partial charge in [-0.25, -0.2) is 0 Å². The second kappa shape index (κ2) is 17.0. The van der Waals surface area contributed by atoms with Gasteiger partial charge < -0.3 is 35.2 Å². The summed E-state index contributed by atoms with van der Waals surface area (Å²) in [5.74, 6) is -4.15. The molecule has 0 aromatic carbocycles. The molecule has 0 aromatic rings. The van der Waals surface area contributed by atoms with Crippen molar-refractivity contribution in [2.24, 2.45) is 11.8 Å². The third-order valence-corrected chi connectivity index (χ3v) is 9.32. The van der Waals surface area contributed by atoms with Crippen molar-refractivity contribution < 1.29 is 38.6 Å². The van der Waals surface area contributed by atoms with E-state index in [-0.39, 0.29) is 43.6 Å². The maximum absolute atomic E-state index is 14.0. The van der Waals surface area contributed by atoms with E-state index in [0.29, 0.717) is 25.7 Å². The summed E-state index contributed by atoms with van der Waals surface area (Å²) < 4.78 is 5.45. The number of fused-ring (bicyclic) bond motifs is 1. The van der Waals surface area contributed by atoms with Crippen LogP contribution in [0.1, 0.15) is 73.1 Å². The molecule has 0 bridgehead atoms. The molecular formula is C30H50ClN5O8. The first-order valence-electron chi connectivity index (χ1n) is 15.5. The second-order valence-electron chi connectivity index (χ2n) is 12.0. The molecule has 2 fully saturated rings. The van der Waals surface area contributed by atoms with Crippen molar-refractivity contribution in [1.29, 1.82) is 0 Å². The Labute approximate surface area is 265 Å². The number of aliphatic hydroxyl groups is 1. The molecular weight excluding hydrogens is 594 g/mol. The van der Waals surface area contributed by atoms with Gasteiger partial charge >= 0.3 is 5.97 Å². The molecule has 250 valence electrons. The van der Waals surface area contributed by atoms with Crippen LogP contribution in [-0.2, 0) is 33.5 Å². The van der Waals surface area contributed by atoms with Crippen LogP contribution in [0.15, 0.2) is 0 Å². The molecule has 0 unspecified atom stereocenters. The highest BCUT2D eigenvalue weighted by Gasteiger charge is 2.43. The van der Waals surface area contributed by atoms with Gasteiger partial charge in [-0.05, 0) is 31.6 Å². The van der Waals surface area contributed by atoms with Gasteiger partial charge in [-0.15, -0.1) is 11.6 Å². The van der Waals surface area contributed by atoms with E-state index in [0.717, 1.165) is 0 Å². The van der Waals surface area contributed by atoms with E-state index in [1.54, 1.807) is 6.92 Å². The zero-order valence-electron chi connectivity index (χ0n) is 27.0. The van der Waals surface area contributed by atoms with E-state index < -0.39 is 71.9 Å². The van der Waals surface area contributed by atoms with E-state index in [4.69, 9.17) is 16.3 Å². The van der Waals surface area contributed by atoms with Crippen molar-refractivity contribution in [2.45, 2.75) is 110 Å². The van der Waals surface area contributed by atoms with Gasteiger partial charge in [0, 0.05) is 39.5 Å². The first kappa shape index (κ1) is 37.3. The molecule has 0 aromatic heterocycles. The average Bonchev–Trinajstić information content (AvgIpc) is 3.50. The van der Waals surface area contributed by atoms with Gasteiger partial charge in [0.2, 0.25) is 23.6 Å². The molecule has 5 amide bonds. The Kier molecular flexibility index (Phi) is 14.4. The van der Waals surface area contributed by atoms with Gasteiger partial charge in [0.05, 0.1) is 12.5 Å². The summed E-state index contributed by atoms with van der Waals surface area (Å²) >= 11 is 5.77. The highest BCUT2D eigenvalue weighted by molar-refractivity contribution is 6.18. The van der Waals surface area contributed by atoms with Gasteiger partial charge in [0.15, 0.2) is 6.10 Å². The Balaban J connectivity index is 2.56. The van der Waals surface area contributed by atoms with Gasteiger partial charge in [0.1, 0.15) is 24.2 Å². The number of alkyl halides is 1. The summed E-state index contributed by atoms with van der Waals surface area (Å²) in [5.41, 5.74) is 0. The lowest BCUT2D eigenvalue weighted by atomic mass is 9.92. The largest absolute Gasteiger partial charge is 0.452 e.